The van der Waals surface area contributed by atoms with Gasteiger partial charge < -0.3 is 10.6 Å². The largest absolute Gasteiger partial charge is 0.387 e. The molecule has 0 amide bonds. The first-order valence-electron chi connectivity index (χ1n) is 7.20. The third-order valence-electron chi connectivity index (χ3n) is 3.45. The third-order valence-corrected chi connectivity index (χ3v) is 3.45. The van der Waals surface area contributed by atoms with E-state index in [2.05, 4.69) is 15.5 Å². The van der Waals surface area contributed by atoms with Crippen LogP contribution in [0.5, 0.6) is 0 Å². The summed E-state index contributed by atoms with van der Waals surface area (Å²) < 4.78 is 0. The van der Waals surface area contributed by atoms with E-state index in [0.717, 1.165) is 50.5 Å². The van der Waals surface area contributed by atoms with Gasteiger partial charge in [-0.3, -0.25) is 9.69 Å². The lowest BCUT2D eigenvalue weighted by Crippen LogP contribution is -2.45. The van der Waals surface area contributed by atoms with Gasteiger partial charge in [0.1, 0.15) is 0 Å². The number of ketones is 1. The van der Waals surface area contributed by atoms with E-state index in [4.69, 9.17) is 0 Å². The molecule has 2 rings (SSSR count). The Morgan fingerprint density at radius 1 is 1.30 bits per heavy atom. The quantitative estimate of drug-likeness (QED) is 0.605. The minimum Gasteiger partial charge on any atom is -0.387 e. The topological polar surface area (TPSA) is 44.4 Å². The number of hydrogen-bond donors (Lipinski definition) is 2. The first-order chi connectivity index (χ1) is 9.75. The number of carbonyl (C=O) groups excluding carboxylic acids is 1. The SMILES string of the molecule is C/C(=C\C(=O)c1ccccc1)NCCN1CCNCC1. The molecule has 0 radical (unpaired) electrons. The number of piperazine rings is 1. The van der Waals surface area contributed by atoms with Crippen LogP contribution in [0.25, 0.3) is 0 Å². The van der Waals surface area contributed by atoms with Gasteiger partial charge in [0.05, 0.1) is 0 Å². The Hall–Kier alpha value is -1.65. The fourth-order valence-electron chi connectivity index (χ4n) is 2.28. The van der Waals surface area contributed by atoms with Gasteiger partial charge in [-0.1, -0.05) is 30.3 Å². The van der Waals surface area contributed by atoms with Crippen LogP contribution in [-0.4, -0.2) is 50.0 Å². The standard InChI is InChI=1S/C16H23N3O/c1-14(13-16(20)15-5-3-2-4-6-15)18-9-12-19-10-7-17-8-11-19/h2-6,13,17-18H,7-12H2,1H3/b14-13+. The molecule has 1 aliphatic rings. The number of rotatable bonds is 6. The zero-order chi connectivity index (χ0) is 14.2. The van der Waals surface area contributed by atoms with Crippen molar-refractivity contribution in [2.75, 3.05) is 39.3 Å². The van der Waals surface area contributed by atoms with Crippen LogP contribution in [0.1, 0.15) is 17.3 Å². The zero-order valence-electron chi connectivity index (χ0n) is 12.1. The van der Waals surface area contributed by atoms with Gasteiger partial charge in [-0.2, -0.15) is 0 Å². The monoisotopic (exact) mass is 273 g/mol. The van der Waals surface area contributed by atoms with Crippen LogP contribution in [0.2, 0.25) is 0 Å². The van der Waals surface area contributed by atoms with Crippen molar-refractivity contribution < 1.29 is 4.79 Å². The van der Waals surface area contributed by atoms with Gasteiger partial charge in [-0.05, 0) is 6.92 Å². The Morgan fingerprint density at radius 3 is 2.70 bits per heavy atom. The molecule has 0 atom stereocenters. The second-order valence-corrected chi connectivity index (χ2v) is 5.08. The van der Waals surface area contributed by atoms with Crippen LogP contribution in [-0.2, 0) is 0 Å². The molecule has 1 aromatic rings. The second-order valence-electron chi connectivity index (χ2n) is 5.08. The van der Waals surface area contributed by atoms with E-state index in [1.54, 1.807) is 6.08 Å². The fourth-order valence-corrected chi connectivity index (χ4v) is 2.28. The Balaban J connectivity index is 1.74. The van der Waals surface area contributed by atoms with Crippen molar-refractivity contribution in [3.63, 3.8) is 0 Å². The van der Waals surface area contributed by atoms with Crippen LogP contribution in [0.3, 0.4) is 0 Å². The van der Waals surface area contributed by atoms with Gasteiger partial charge >= 0.3 is 0 Å². The van der Waals surface area contributed by atoms with Crippen LogP contribution in [0, 0.1) is 0 Å². The summed E-state index contributed by atoms with van der Waals surface area (Å²) in [6, 6.07) is 9.36. The number of hydrogen-bond acceptors (Lipinski definition) is 4. The van der Waals surface area contributed by atoms with E-state index in [0.29, 0.717) is 0 Å². The van der Waals surface area contributed by atoms with Crippen LogP contribution in [0.15, 0.2) is 42.1 Å². The maximum atomic E-state index is 12.0. The maximum Gasteiger partial charge on any atom is 0.187 e. The molecule has 1 aliphatic heterocycles. The summed E-state index contributed by atoms with van der Waals surface area (Å²) in [6.45, 7) is 8.19. The van der Waals surface area contributed by atoms with Crippen molar-refractivity contribution in [1.29, 1.82) is 0 Å². The number of allylic oxidation sites excluding steroid dienone is 2. The summed E-state index contributed by atoms with van der Waals surface area (Å²) in [7, 11) is 0. The van der Waals surface area contributed by atoms with Crippen molar-refractivity contribution >= 4 is 5.78 Å². The van der Waals surface area contributed by atoms with Gasteiger partial charge in [0.15, 0.2) is 5.78 Å². The summed E-state index contributed by atoms with van der Waals surface area (Å²) >= 11 is 0. The number of nitrogens with zero attached hydrogens (tertiary/aromatic N) is 1. The third kappa shape index (κ3) is 4.79. The van der Waals surface area contributed by atoms with Crippen molar-refractivity contribution in [3.05, 3.63) is 47.7 Å². The predicted octanol–water partition coefficient (Wildman–Crippen LogP) is 1.27. The Morgan fingerprint density at radius 2 is 2.00 bits per heavy atom. The highest BCUT2D eigenvalue weighted by molar-refractivity contribution is 6.04. The van der Waals surface area contributed by atoms with Gasteiger partial charge in [0, 0.05) is 56.6 Å². The molecule has 1 aromatic carbocycles. The molecule has 4 nitrogen and oxygen atoms in total. The molecule has 1 heterocycles. The highest BCUT2D eigenvalue weighted by Gasteiger charge is 2.08. The smallest absolute Gasteiger partial charge is 0.187 e. The fraction of sp³-hybridized carbons (Fsp3) is 0.438. The number of benzene rings is 1. The molecular formula is C16H23N3O. The zero-order valence-corrected chi connectivity index (χ0v) is 12.1. The molecule has 1 saturated heterocycles. The number of carbonyl (C=O) groups is 1. The van der Waals surface area contributed by atoms with Crippen molar-refractivity contribution in [1.82, 2.24) is 15.5 Å². The Labute approximate surface area is 120 Å². The lowest BCUT2D eigenvalue weighted by atomic mass is 10.1. The summed E-state index contributed by atoms with van der Waals surface area (Å²) in [5.74, 6) is 0.0535. The Bertz CT molecular complexity index is 450. The van der Waals surface area contributed by atoms with E-state index in [1.165, 1.54) is 0 Å². The van der Waals surface area contributed by atoms with Gasteiger partial charge in [-0.15, -0.1) is 0 Å². The molecule has 0 bridgehead atoms. The molecule has 20 heavy (non-hydrogen) atoms. The molecular weight excluding hydrogens is 250 g/mol. The molecule has 108 valence electrons. The average molecular weight is 273 g/mol. The van der Waals surface area contributed by atoms with E-state index in [9.17, 15) is 4.79 Å². The molecule has 0 aliphatic carbocycles. The molecule has 4 heteroatoms. The van der Waals surface area contributed by atoms with Crippen LogP contribution in [0.4, 0.5) is 0 Å². The highest BCUT2D eigenvalue weighted by Crippen LogP contribution is 2.02. The maximum absolute atomic E-state index is 12.0. The second kappa shape index (κ2) is 7.82. The van der Waals surface area contributed by atoms with Gasteiger partial charge in [-0.25, -0.2) is 0 Å². The summed E-state index contributed by atoms with van der Waals surface area (Å²) in [5, 5.41) is 6.65. The van der Waals surface area contributed by atoms with Crippen molar-refractivity contribution in [2.24, 2.45) is 0 Å². The molecule has 0 aromatic heterocycles. The summed E-state index contributed by atoms with van der Waals surface area (Å²) in [5.41, 5.74) is 1.66. The van der Waals surface area contributed by atoms with E-state index in [1.807, 2.05) is 37.3 Å². The molecule has 2 N–H and O–H groups in total. The molecule has 1 fully saturated rings. The van der Waals surface area contributed by atoms with Crippen molar-refractivity contribution in [3.8, 4) is 0 Å². The van der Waals surface area contributed by atoms with Crippen LogP contribution >= 0.6 is 0 Å². The minimum absolute atomic E-state index is 0.0535. The van der Waals surface area contributed by atoms with Crippen LogP contribution < -0.4 is 10.6 Å². The van der Waals surface area contributed by atoms with E-state index < -0.39 is 0 Å². The first kappa shape index (κ1) is 14.8. The van der Waals surface area contributed by atoms with E-state index in [-0.39, 0.29) is 5.78 Å². The molecule has 0 spiro atoms. The highest BCUT2D eigenvalue weighted by atomic mass is 16.1. The molecule has 0 unspecified atom stereocenters. The molecule has 0 saturated carbocycles. The van der Waals surface area contributed by atoms with Gasteiger partial charge in [0.2, 0.25) is 0 Å². The predicted molar refractivity (Wildman–Crippen MR) is 81.8 cm³/mol. The Kier molecular flexibility index (Phi) is 5.77. The van der Waals surface area contributed by atoms with Crippen molar-refractivity contribution in [2.45, 2.75) is 6.92 Å². The summed E-state index contributed by atoms with van der Waals surface area (Å²) in [4.78, 5) is 14.4. The lowest BCUT2D eigenvalue weighted by Gasteiger charge is -2.27. The van der Waals surface area contributed by atoms with Gasteiger partial charge in [0.25, 0.3) is 0 Å². The number of nitrogens with one attached hydrogen (secondary N) is 2. The van der Waals surface area contributed by atoms with E-state index >= 15 is 0 Å². The lowest BCUT2D eigenvalue weighted by molar-refractivity contribution is 0.104. The first-order valence-corrected chi connectivity index (χ1v) is 7.20. The summed E-state index contributed by atoms with van der Waals surface area (Å²) in [6.07, 6.45) is 1.67. The average Bonchev–Trinajstić information content (AvgIpc) is 2.49. The normalized spacial score (nSPS) is 16.9. The minimum atomic E-state index is 0.0535.